The molecule has 4 rings (SSSR count). The zero-order valence-corrected chi connectivity index (χ0v) is 15.6. The second-order valence-corrected chi connectivity index (χ2v) is 8.35. The Labute approximate surface area is 159 Å². The van der Waals surface area contributed by atoms with Gasteiger partial charge < -0.3 is 10.4 Å². The van der Waals surface area contributed by atoms with Crippen molar-refractivity contribution in [3.05, 3.63) is 80.4 Å². The van der Waals surface area contributed by atoms with Crippen LogP contribution in [0.4, 0.5) is 4.39 Å². The van der Waals surface area contributed by atoms with Gasteiger partial charge in [0.2, 0.25) is 5.91 Å². The van der Waals surface area contributed by atoms with E-state index in [2.05, 4.69) is 5.32 Å². The molecule has 0 spiro atoms. The molecule has 1 atom stereocenters. The van der Waals surface area contributed by atoms with E-state index in [0.29, 0.717) is 0 Å². The zero-order valence-electron chi connectivity index (χ0n) is 13.9. The van der Waals surface area contributed by atoms with E-state index in [4.69, 9.17) is 0 Å². The number of halogens is 1. The Morgan fingerprint density at radius 2 is 1.96 bits per heavy atom. The molecule has 0 saturated heterocycles. The highest BCUT2D eigenvalue weighted by Gasteiger charge is 2.51. The standard InChI is InChI=1S/C20H18FNO2S2/c21-16-5-3-14(4-6-16)19(8-9-19)18(23)22-13-20(24,15-7-11-25-12-15)17-2-1-10-26-17/h1-7,10-12,24H,8-9,13H2,(H,22,23)/t20-/m0/s1. The highest BCUT2D eigenvalue weighted by Crippen LogP contribution is 2.48. The van der Waals surface area contributed by atoms with Crippen molar-refractivity contribution in [3.63, 3.8) is 0 Å². The maximum absolute atomic E-state index is 13.2. The van der Waals surface area contributed by atoms with Crippen molar-refractivity contribution in [2.24, 2.45) is 0 Å². The number of rotatable bonds is 6. The topological polar surface area (TPSA) is 49.3 Å². The van der Waals surface area contributed by atoms with Gasteiger partial charge in [0.25, 0.3) is 0 Å². The fraction of sp³-hybridized carbons (Fsp3) is 0.250. The third-order valence-electron chi connectivity index (χ3n) is 5.01. The molecular weight excluding hydrogens is 369 g/mol. The summed E-state index contributed by atoms with van der Waals surface area (Å²) >= 11 is 2.97. The van der Waals surface area contributed by atoms with Crippen LogP contribution in [-0.2, 0) is 15.8 Å². The average Bonchev–Trinajstić information content (AvgIpc) is 3.08. The average molecular weight is 388 g/mol. The minimum atomic E-state index is -1.25. The Hall–Kier alpha value is -2.02. The summed E-state index contributed by atoms with van der Waals surface area (Å²) in [6.07, 6.45) is 1.47. The Morgan fingerprint density at radius 1 is 1.19 bits per heavy atom. The Balaban J connectivity index is 1.55. The van der Waals surface area contributed by atoms with Gasteiger partial charge in [0.05, 0.1) is 12.0 Å². The molecule has 6 heteroatoms. The highest BCUT2D eigenvalue weighted by molar-refractivity contribution is 7.10. The van der Waals surface area contributed by atoms with E-state index in [1.54, 1.807) is 12.1 Å². The van der Waals surface area contributed by atoms with Crippen LogP contribution in [0.1, 0.15) is 28.8 Å². The van der Waals surface area contributed by atoms with Gasteiger partial charge >= 0.3 is 0 Å². The molecule has 1 fully saturated rings. The SMILES string of the molecule is O=C(NC[C@](O)(c1ccsc1)c1cccs1)C1(c2ccc(F)cc2)CC1. The Bertz CT molecular complexity index is 850. The van der Waals surface area contributed by atoms with Gasteiger partial charge in [0.1, 0.15) is 11.4 Å². The molecule has 0 bridgehead atoms. The number of carbonyl (C=O) groups is 1. The molecule has 1 aromatic carbocycles. The number of thiophene rings is 2. The number of nitrogens with one attached hydrogen (secondary N) is 1. The molecule has 2 aromatic heterocycles. The number of hydrogen-bond donors (Lipinski definition) is 2. The molecule has 3 nitrogen and oxygen atoms in total. The van der Waals surface area contributed by atoms with Crippen molar-refractivity contribution in [1.82, 2.24) is 5.32 Å². The second-order valence-electron chi connectivity index (χ2n) is 6.62. The predicted molar refractivity (Wildman–Crippen MR) is 102 cm³/mol. The van der Waals surface area contributed by atoms with Crippen LogP contribution in [0.5, 0.6) is 0 Å². The van der Waals surface area contributed by atoms with Crippen LogP contribution >= 0.6 is 22.7 Å². The summed E-state index contributed by atoms with van der Waals surface area (Å²) in [7, 11) is 0. The normalized spacial score (nSPS) is 17.5. The summed E-state index contributed by atoms with van der Waals surface area (Å²) in [5.74, 6) is -0.427. The quantitative estimate of drug-likeness (QED) is 0.671. The molecule has 1 amide bonds. The van der Waals surface area contributed by atoms with E-state index < -0.39 is 11.0 Å². The van der Waals surface area contributed by atoms with Crippen LogP contribution in [0.3, 0.4) is 0 Å². The van der Waals surface area contributed by atoms with Crippen molar-refractivity contribution in [1.29, 1.82) is 0 Å². The smallest absolute Gasteiger partial charge is 0.230 e. The lowest BCUT2D eigenvalue weighted by molar-refractivity contribution is -0.124. The fourth-order valence-corrected chi connectivity index (χ4v) is 4.83. The molecule has 1 aliphatic rings. The third-order valence-corrected chi connectivity index (χ3v) is 6.72. The monoisotopic (exact) mass is 387 g/mol. The van der Waals surface area contributed by atoms with Crippen molar-refractivity contribution in [2.45, 2.75) is 23.9 Å². The minimum Gasteiger partial charge on any atom is -0.378 e. The van der Waals surface area contributed by atoms with Crippen LogP contribution in [-0.4, -0.2) is 17.6 Å². The molecule has 3 aromatic rings. The van der Waals surface area contributed by atoms with E-state index in [0.717, 1.165) is 28.8 Å². The van der Waals surface area contributed by atoms with E-state index in [-0.39, 0.29) is 18.3 Å². The lowest BCUT2D eigenvalue weighted by Gasteiger charge is -2.28. The van der Waals surface area contributed by atoms with Gasteiger partial charge in [0.15, 0.2) is 0 Å². The lowest BCUT2D eigenvalue weighted by Crippen LogP contribution is -2.44. The minimum absolute atomic E-state index is 0.103. The maximum Gasteiger partial charge on any atom is 0.230 e. The summed E-state index contributed by atoms with van der Waals surface area (Å²) < 4.78 is 13.2. The van der Waals surface area contributed by atoms with Gasteiger partial charge in [-0.2, -0.15) is 11.3 Å². The maximum atomic E-state index is 13.2. The number of carbonyl (C=O) groups excluding carboxylic acids is 1. The largest absolute Gasteiger partial charge is 0.378 e. The summed E-state index contributed by atoms with van der Waals surface area (Å²) in [5.41, 5.74) is -0.245. The third kappa shape index (κ3) is 2.98. The Morgan fingerprint density at radius 3 is 2.54 bits per heavy atom. The van der Waals surface area contributed by atoms with Gasteiger partial charge in [-0.25, -0.2) is 4.39 Å². The predicted octanol–water partition coefficient (Wildman–Crippen LogP) is 4.03. The fourth-order valence-electron chi connectivity index (χ4n) is 3.26. The molecule has 2 N–H and O–H groups in total. The van der Waals surface area contributed by atoms with Crippen molar-refractivity contribution >= 4 is 28.6 Å². The van der Waals surface area contributed by atoms with Crippen LogP contribution < -0.4 is 5.32 Å². The zero-order chi connectivity index (χ0) is 18.2. The van der Waals surface area contributed by atoms with Crippen LogP contribution in [0.15, 0.2) is 58.6 Å². The first-order valence-corrected chi connectivity index (χ1v) is 10.2. The van der Waals surface area contributed by atoms with Gasteiger partial charge in [-0.1, -0.05) is 18.2 Å². The Kier molecular flexibility index (Phi) is 4.42. The van der Waals surface area contributed by atoms with Gasteiger partial charge in [-0.15, -0.1) is 11.3 Å². The van der Waals surface area contributed by atoms with Crippen molar-refractivity contribution in [3.8, 4) is 0 Å². The molecule has 2 heterocycles. The van der Waals surface area contributed by atoms with E-state index in [1.807, 2.05) is 34.3 Å². The second kappa shape index (κ2) is 6.61. The number of aliphatic hydroxyl groups is 1. The van der Waals surface area contributed by atoms with Crippen molar-refractivity contribution < 1.29 is 14.3 Å². The number of benzene rings is 1. The number of hydrogen-bond acceptors (Lipinski definition) is 4. The first-order valence-electron chi connectivity index (χ1n) is 8.38. The summed E-state index contributed by atoms with van der Waals surface area (Å²) in [6.45, 7) is 0.103. The van der Waals surface area contributed by atoms with Gasteiger partial charge in [-0.3, -0.25) is 4.79 Å². The molecule has 26 heavy (non-hydrogen) atoms. The van der Waals surface area contributed by atoms with Gasteiger partial charge in [0, 0.05) is 10.4 Å². The molecule has 0 radical (unpaired) electrons. The van der Waals surface area contributed by atoms with E-state index in [9.17, 15) is 14.3 Å². The van der Waals surface area contributed by atoms with Crippen LogP contribution in [0.2, 0.25) is 0 Å². The molecule has 1 aliphatic carbocycles. The van der Waals surface area contributed by atoms with Crippen LogP contribution in [0, 0.1) is 5.82 Å². The first kappa shape index (κ1) is 17.4. The summed E-state index contributed by atoms with van der Waals surface area (Å²) in [4.78, 5) is 13.7. The molecular formula is C20H18FNO2S2. The van der Waals surface area contributed by atoms with Gasteiger partial charge in [-0.05, 0) is 58.8 Å². The van der Waals surface area contributed by atoms with Crippen LogP contribution in [0.25, 0.3) is 0 Å². The number of amides is 1. The molecule has 1 saturated carbocycles. The summed E-state index contributed by atoms with van der Waals surface area (Å²) in [6, 6.07) is 11.8. The van der Waals surface area contributed by atoms with E-state index >= 15 is 0 Å². The lowest BCUT2D eigenvalue weighted by atomic mass is 9.92. The summed E-state index contributed by atoms with van der Waals surface area (Å²) in [5, 5.41) is 20.0. The molecule has 0 aliphatic heterocycles. The highest BCUT2D eigenvalue weighted by atomic mass is 32.1. The van der Waals surface area contributed by atoms with Crippen molar-refractivity contribution in [2.75, 3.05) is 6.54 Å². The first-order chi connectivity index (χ1) is 12.5. The molecule has 0 unspecified atom stereocenters. The van der Waals surface area contributed by atoms with E-state index in [1.165, 1.54) is 34.8 Å². The molecule has 134 valence electrons.